The highest BCUT2D eigenvalue weighted by atomic mass is 32.1. The first-order valence-electron chi connectivity index (χ1n) is 9.74. The Bertz CT molecular complexity index is 1130. The van der Waals surface area contributed by atoms with Crippen molar-refractivity contribution in [3.63, 3.8) is 0 Å². The smallest absolute Gasteiger partial charge is 0.347 e. The van der Waals surface area contributed by atoms with Gasteiger partial charge >= 0.3 is 11.9 Å². The molecule has 0 spiro atoms. The Labute approximate surface area is 172 Å². The van der Waals surface area contributed by atoms with Crippen molar-refractivity contribution in [2.45, 2.75) is 31.8 Å². The van der Waals surface area contributed by atoms with Crippen LogP contribution in [0.3, 0.4) is 0 Å². The summed E-state index contributed by atoms with van der Waals surface area (Å²) in [6.07, 6.45) is 4.35. The van der Waals surface area contributed by atoms with E-state index in [1.165, 1.54) is 4.88 Å². The summed E-state index contributed by atoms with van der Waals surface area (Å²) in [4.78, 5) is 31.1. The van der Waals surface area contributed by atoms with Crippen molar-refractivity contribution in [1.82, 2.24) is 4.98 Å². The zero-order chi connectivity index (χ0) is 19.8. The summed E-state index contributed by atoms with van der Waals surface area (Å²) in [6.45, 7) is 0.291. The van der Waals surface area contributed by atoms with Crippen LogP contribution in [-0.4, -0.2) is 29.6 Å². The van der Waals surface area contributed by atoms with Gasteiger partial charge in [-0.3, -0.25) is 0 Å². The number of aromatic nitrogens is 1. The molecule has 146 valence electrons. The molecule has 1 fully saturated rings. The monoisotopic (exact) mass is 405 g/mol. The lowest BCUT2D eigenvalue weighted by molar-refractivity contribution is -0.145. The molecule has 6 heteroatoms. The standard InChI is InChI=1S/C23H19NO4S/c25-22-19(10-11-27-22)28-23(26)20-16-7-1-2-9-18(16)24-21-14(5-3-8-17(20)21)13-15-6-4-12-29-15/h1-2,4,6-7,9,12-13,19H,3,5,8,10-11H2/b14-13-. The van der Waals surface area contributed by atoms with E-state index in [1.54, 1.807) is 11.3 Å². The van der Waals surface area contributed by atoms with Crippen molar-refractivity contribution in [3.8, 4) is 0 Å². The normalized spacial score (nSPS) is 19.9. The van der Waals surface area contributed by atoms with Gasteiger partial charge in [-0.2, -0.15) is 0 Å². The number of rotatable bonds is 3. The molecule has 0 radical (unpaired) electrons. The molecule has 1 unspecified atom stereocenters. The summed E-state index contributed by atoms with van der Waals surface area (Å²) in [5, 5.41) is 2.81. The highest BCUT2D eigenvalue weighted by molar-refractivity contribution is 7.10. The molecular weight excluding hydrogens is 386 g/mol. The summed E-state index contributed by atoms with van der Waals surface area (Å²) in [6, 6.07) is 11.7. The van der Waals surface area contributed by atoms with E-state index in [0.717, 1.165) is 47.0 Å². The van der Waals surface area contributed by atoms with Gasteiger partial charge in [-0.25, -0.2) is 14.6 Å². The summed E-state index contributed by atoms with van der Waals surface area (Å²) in [5.41, 5.74) is 4.19. The maximum absolute atomic E-state index is 13.2. The van der Waals surface area contributed by atoms with Gasteiger partial charge in [0.1, 0.15) is 0 Å². The second-order valence-electron chi connectivity index (χ2n) is 7.22. The maximum atomic E-state index is 13.2. The number of esters is 2. The Morgan fingerprint density at radius 2 is 2.10 bits per heavy atom. The van der Waals surface area contributed by atoms with Crippen molar-refractivity contribution in [1.29, 1.82) is 0 Å². The van der Waals surface area contributed by atoms with E-state index in [-0.39, 0.29) is 0 Å². The minimum absolute atomic E-state index is 0.291. The molecule has 3 heterocycles. The topological polar surface area (TPSA) is 65.5 Å². The maximum Gasteiger partial charge on any atom is 0.347 e. The fourth-order valence-electron chi connectivity index (χ4n) is 4.03. The van der Waals surface area contributed by atoms with Gasteiger partial charge in [-0.05, 0) is 54.0 Å². The zero-order valence-electron chi connectivity index (χ0n) is 15.7. The van der Waals surface area contributed by atoms with Gasteiger partial charge < -0.3 is 9.47 Å². The van der Waals surface area contributed by atoms with Gasteiger partial charge in [0.25, 0.3) is 0 Å². The van der Waals surface area contributed by atoms with Crippen molar-refractivity contribution in [2.24, 2.45) is 0 Å². The fraction of sp³-hybridized carbons (Fsp3) is 0.261. The second-order valence-corrected chi connectivity index (χ2v) is 8.20. The van der Waals surface area contributed by atoms with Crippen molar-refractivity contribution >= 4 is 45.8 Å². The number of benzene rings is 1. The SMILES string of the molecule is O=C(OC1CCOC1=O)c1c2c(nc3ccccc13)/C(=C\c1cccs1)CCC2. The fourth-order valence-corrected chi connectivity index (χ4v) is 4.71. The molecule has 1 aromatic carbocycles. The lowest BCUT2D eigenvalue weighted by Crippen LogP contribution is -2.24. The molecule has 1 saturated heterocycles. The minimum Gasteiger partial charge on any atom is -0.463 e. The van der Waals surface area contributed by atoms with Crippen LogP contribution < -0.4 is 0 Å². The first-order valence-corrected chi connectivity index (χ1v) is 10.6. The van der Waals surface area contributed by atoms with Crippen molar-refractivity contribution in [2.75, 3.05) is 6.61 Å². The molecule has 29 heavy (non-hydrogen) atoms. The lowest BCUT2D eigenvalue weighted by atomic mass is 9.86. The number of carbonyl (C=O) groups is 2. The summed E-state index contributed by atoms with van der Waals surface area (Å²) in [7, 11) is 0. The Morgan fingerprint density at radius 3 is 2.90 bits per heavy atom. The largest absolute Gasteiger partial charge is 0.463 e. The van der Waals surface area contributed by atoms with Gasteiger partial charge in [0.2, 0.25) is 6.10 Å². The highest BCUT2D eigenvalue weighted by Crippen LogP contribution is 2.37. The molecule has 0 amide bonds. The van der Waals surface area contributed by atoms with E-state index in [1.807, 2.05) is 35.7 Å². The molecule has 5 rings (SSSR count). The number of cyclic esters (lactones) is 1. The number of thiophene rings is 1. The summed E-state index contributed by atoms with van der Waals surface area (Å²) in [5.74, 6) is -0.940. The quantitative estimate of drug-likeness (QED) is 0.594. The Hall–Kier alpha value is -2.99. The number of fused-ring (bicyclic) bond motifs is 2. The van der Waals surface area contributed by atoms with E-state index >= 15 is 0 Å². The number of allylic oxidation sites excluding steroid dienone is 1. The van der Waals surface area contributed by atoms with E-state index < -0.39 is 18.0 Å². The van der Waals surface area contributed by atoms with Crippen molar-refractivity contribution < 1.29 is 19.1 Å². The molecule has 0 bridgehead atoms. The number of carbonyl (C=O) groups excluding carboxylic acids is 2. The van der Waals surface area contributed by atoms with Crippen LogP contribution in [0, 0.1) is 0 Å². The van der Waals surface area contributed by atoms with Gasteiger partial charge in [0, 0.05) is 16.7 Å². The van der Waals surface area contributed by atoms with Crippen LogP contribution in [0.15, 0.2) is 41.8 Å². The Kier molecular flexibility index (Phi) is 4.64. The highest BCUT2D eigenvalue weighted by Gasteiger charge is 2.33. The summed E-state index contributed by atoms with van der Waals surface area (Å²) < 4.78 is 10.5. The molecule has 1 atom stereocenters. The third-order valence-corrected chi connectivity index (χ3v) is 6.19. The average molecular weight is 405 g/mol. The van der Waals surface area contributed by atoms with E-state index in [4.69, 9.17) is 14.5 Å². The van der Waals surface area contributed by atoms with Crippen LogP contribution in [0.1, 0.15) is 45.8 Å². The second kappa shape index (κ2) is 7.44. The van der Waals surface area contributed by atoms with Crippen LogP contribution in [-0.2, 0) is 20.7 Å². The first-order chi connectivity index (χ1) is 14.2. The van der Waals surface area contributed by atoms with Crippen molar-refractivity contribution in [3.05, 3.63) is 63.5 Å². The van der Waals surface area contributed by atoms with Crippen LogP contribution in [0.2, 0.25) is 0 Å². The van der Waals surface area contributed by atoms with Crippen LogP contribution >= 0.6 is 11.3 Å². The molecule has 5 nitrogen and oxygen atoms in total. The zero-order valence-corrected chi connectivity index (χ0v) is 16.5. The molecular formula is C23H19NO4S. The average Bonchev–Trinajstić information content (AvgIpc) is 3.38. The lowest BCUT2D eigenvalue weighted by Gasteiger charge is -2.22. The summed E-state index contributed by atoms with van der Waals surface area (Å²) >= 11 is 1.68. The van der Waals surface area contributed by atoms with Gasteiger partial charge in [-0.15, -0.1) is 11.3 Å². The Balaban J connectivity index is 1.65. The molecule has 2 aromatic heterocycles. The third-order valence-electron chi connectivity index (χ3n) is 5.37. The van der Waals surface area contributed by atoms with Crippen LogP contribution in [0.4, 0.5) is 0 Å². The Morgan fingerprint density at radius 1 is 1.21 bits per heavy atom. The van der Waals surface area contributed by atoms with Gasteiger partial charge in [-0.1, -0.05) is 24.3 Å². The molecule has 0 N–H and O–H groups in total. The predicted molar refractivity (Wildman–Crippen MR) is 112 cm³/mol. The van der Waals surface area contributed by atoms with Crippen LogP contribution in [0.25, 0.3) is 22.6 Å². The number of hydrogen-bond donors (Lipinski definition) is 0. The van der Waals surface area contributed by atoms with E-state index in [2.05, 4.69) is 12.1 Å². The molecule has 1 aliphatic heterocycles. The minimum atomic E-state index is -0.824. The first kappa shape index (κ1) is 18.1. The molecule has 3 aromatic rings. The third kappa shape index (κ3) is 3.34. The van der Waals surface area contributed by atoms with E-state index in [9.17, 15) is 9.59 Å². The number of para-hydroxylation sites is 1. The number of hydrogen-bond acceptors (Lipinski definition) is 6. The molecule has 0 saturated carbocycles. The predicted octanol–water partition coefficient (Wildman–Crippen LogP) is 4.65. The molecule has 1 aliphatic carbocycles. The van der Waals surface area contributed by atoms with Gasteiger partial charge in [0.05, 0.1) is 23.4 Å². The molecule has 2 aliphatic rings. The van der Waals surface area contributed by atoms with Crippen LogP contribution in [0.5, 0.6) is 0 Å². The number of nitrogens with zero attached hydrogens (tertiary/aromatic N) is 1. The van der Waals surface area contributed by atoms with Gasteiger partial charge in [0.15, 0.2) is 0 Å². The number of pyridine rings is 1. The van der Waals surface area contributed by atoms with E-state index in [0.29, 0.717) is 18.6 Å². The number of ether oxygens (including phenoxy) is 2.